The van der Waals surface area contributed by atoms with Gasteiger partial charge in [-0.15, -0.1) is 0 Å². The van der Waals surface area contributed by atoms with Crippen molar-refractivity contribution >= 4 is 33.9 Å². The first kappa shape index (κ1) is 21.4. The third kappa shape index (κ3) is 4.81. The first-order chi connectivity index (χ1) is 16.2. The van der Waals surface area contributed by atoms with Crippen molar-refractivity contribution in [2.45, 2.75) is 25.9 Å². The van der Waals surface area contributed by atoms with Crippen molar-refractivity contribution in [1.29, 1.82) is 0 Å². The Labute approximate surface area is 194 Å². The number of amides is 2. The van der Waals surface area contributed by atoms with Crippen molar-refractivity contribution in [3.8, 4) is 0 Å². The third-order valence-corrected chi connectivity index (χ3v) is 6.60. The summed E-state index contributed by atoms with van der Waals surface area (Å²) in [7, 11) is 0. The van der Waals surface area contributed by atoms with Gasteiger partial charge in [0.1, 0.15) is 16.3 Å². The van der Waals surface area contributed by atoms with Crippen LogP contribution < -0.4 is 10.2 Å². The van der Waals surface area contributed by atoms with Gasteiger partial charge < -0.3 is 18.9 Å². The van der Waals surface area contributed by atoms with Crippen molar-refractivity contribution in [1.82, 2.24) is 19.7 Å². The molecule has 5 rings (SSSR count). The maximum atomic E-state index is 13.3. The average molecular weight is 466 g/mol. The topological polar surface area (TPSA) is 102 Å². The molecular weight excluding hydrogens is 442 g/mol. The van der Waals surface area contributed by atoms with Crippen LogP contribution in [-0.2, 0) is 22.6 Å². The number of hydrogen-bond donors (Lipinski definition) is 1. The molecule has 0 unspecified atom stereocenters. The quantitative estimate of drug-likeness (QED) is 0.449. The number of thiazole rings is 1. The molecule has 4 aromatic rings. The van der Waals surface area contributed by atoms with E-state index in [1.165, 1.54) is 17.5 Å². The minimum absolute atomic E-state index is 0.0235. The van der Waals surface area contributed by atoms with Gasteiger partial charge in [-0.05, 0) is 36.6 Å². The molecule has 1 aliphatic rings. The van der Waals surface area contributed by atoms with Crippen LogP contribution in [0.25, 0.3) is 5.65 Å². The number of furan rings is 1. The molecule has 1 fully saturated rings. The van der Waals surface area contributed by atoms with E-state index >= 15 is 0 Å². The number of rotatable bonds is 7. The molecule has 10 heteroatoms. The highest BCUT2D eigenvalue weighted by molar-refractivity contribution is 7.17. The van der Waals surface area contributed by atoms with Crippen LogP contribution in [0.15, 0.2) is 59.7 Å². The van der Waals surface area contributed by atoms with E-state index in [0.29, 0.717) is 48.4 Å². The Morgan fingerprint density at radius 3 is 2.91 bits per heavy atom. The fraction of sp³-hybridized carbons (Fsp3) is 0.304. The van der Waals surface area contributed by atoms with Crippen LogP contribution in [0.4, 0.5) is 5.13 Å². The number of anilines is 1. The molecule has 1 N–H and O–H groups in total. The molecule has 0 atom stereocenters. The zero-order valence-electron chi connectivity index (χ0n) is 17.8. The maximum Gasteiger partial charge on any atom is 0.263 e. The molecule has 0 aromatic carbocycles. The molecule has 0 aliphatic carbocycles. The van der Waals surface area contributed by atoms with Crippen LogP contribution >= 0.6 is 11.3 Å². The number of carbonyl (C=O) groups excluding carboxylic acids is 2. The normalized spacial score (nSPS) is 14.4. The van der Waals surface area contributed by atoms with Gasteiger partial charge in [0.25, 0.3) is 5.91 Å². The fourth-order valence-electron chi connectivity index (χ4n) is 3.80. The van der Waals surface area contributed by atoms with Crippen molar-refractivity contribution in [3.05, 3.63) is 71.5 Å². The lowest BCUT2D eigenvalue weighted by Gasteiger charge is -2.27. The molecule has 5 heterocycles. The van der Waals surface area contributed by atoms with Gasteiger partial charge in [-0.3, -0.25) is 14.5 Å². The maximum absolute atomic E-state index is 13.3. The van der Waals surface area contributed by atoms with E-state index < -0.39 is 0 Å². The Bertz CT molecular complexity index is 1240. The van der Waals surface area contributed by atoms with E-state index in [-0.39, 0.29) is 24.3 Å². The highest BCUT2D eigenvalue weighted by atomic mass is 32.1. The summed E-state index contributed by atoms with van der Waals surface area (Å²) >= 11 is 1.20. The van der Waals surface area contributed by atoms with E-state index in [9.17, 15) is 9.59 Å². The predicted molar refractivity (Wildman–Crippen MR) is 122 cm³/mol. The van der Waals surface area contributed by atoms with Gasteiger partial charge >= 0.3 is 0 Å². The SMILES string of the molecule is O=C(NCc1ccc2nccn2c1)c1cnc(N(Cc2ccco2)C(=O)C2CCOCC2)s1. The van der Waals surface area contributed by atoms with Crippen molar-refractivity contribution in [2.24, 2.45) is 5.92 Å². The third-order valence-electron chi connectivity index (χ3n) is 5.58. The van der Waals surface area contributed by atoms with Crippen LogP contribution in [0.2, 0.25) is 0 Å². The van der Waals surface area contributed by atoms with Crippen molar-refractivity contribution in [2.75, 3.05) is 18.1 Å². The number of imidazole rings is 1. The first-order valence-corrected chi connectivity index (χ1v) is 11.6. The van der Waals surface area contributed by atoms with E-state index in [4.69, 9.17) is 9.15 Å². The second kappa shape index (κ2) is 9.55. The number of pyridine rings is 1. The summed E-state index contributed by atoms with van der Waals surface area (Å²) in [6.07, 6.45) is 9.96. The van der Waals surface area contributed by atoms with Crippen LogP contribution in [-0.4, -0.2) is 39.4 Å². The molecule has 2 amide bonds. The number of ether oxygens (including phenoxy) is 1. The van der Waals surface area contributed by atoms with Gasteiger partial charge in [-0.2, -0.15) is 0 Å². The van der Waals surface area contributed by atoms with E-state index in [1.54, 1.807) is 23.4 Å². The average Bonchev–Trinajstić information content (AvgIpc) is 3.62. The Hall–Kier alpha value is -3.50. The predicted octanol–water partition coefficient (Wildman–Crippen LogP) is 3.27. The molecule has 1 aliphatic heterocycles. The summed E-state index contributed by atoms with van der Waals surface area (Å²) in [4.78, 5) is 36.7. The molecule has 33 heavy (non-hydrogen) atoms. The summed E-state index contributed by atoms with van der Waals surface area (Å²) in [5.41, 5.74) is 1.80. The second-order valence-electron chi connectivity index (χ2n) is 7.81. The largest absolute Gasteiger partial charge is 0.467 e. The summed E-state index contributed by atoms with van der Waals surface area (Å²) in [5, 5.41) is 3.40. The molecule has 4 aromatic heterocycles. The summed E-state index contributed by atoms with van der Waals surface area (Å²) in [6, 6.07) is 7.44. The van der Waals surface area contributed by atoms with Gasteiger partial charge in [-0.25, -0.2) is 9.97 Å². The lowest BCUT2D eigenvalue weighted by atomic mass is 9.99. The zero-order valence-corrected chi connectivity index (χ0v) is 18.7. The monoisotopic (exact) mass is 465 g/mol. The lowest BCUT2D eigenvalue weighted by molar-refractivity contribution is -0.125. The Morgan fingerprint density at radius 1 is 1.21 bits per heavy atom. The van der Waals surface area contributed by atoms with Crippen LogP contribution in [0.5, 0.6) is 0 Å². The van der Waals surface area contributed by atoms with Gasteiger partial charge in [0.05, 0.1) is 19.0 Å². The number of hydrogen-bond acceptors (Lipinski definition) is 7. The van der Waals surface area contributed by atoms with Crippen LogP contribution in [0.1, 0.15) is 33.8 Å². The zero-order chi connectivity index (χ0) is 22.6. The Morgan fingerprint density at radius 2 is 2.09 bits per heavy atom. The van der Waals surface area contributed by atoms with Gasteiger partial charge in [-0.1, -0.05) is 17.4 Å². The molecule has 9 nitrogen and oxygen atoms in total. The van der Waals surface area contributed by atoms with Gasteiger partial charge in [0, 0.05) is 44.3 Å². The fourth-order valence-corrected chi connectivity index (χ4v) is 4.63. The van der Waals surface area contributed by atoms with Gasteiger partial charge in [0.15, 0.2) is 5.13 Å². The highest BCUT2D eigenvalue weighted by Gasteiger charge is 2.30. The standard InChI is InChI=1S/C23H23N5O4S/c29-21(25-12-16-3-4-20-24-7-8-27(20)14-16)19-13-26-23(33-19)28(15-18-2-1-9-32-18)22(30)17-5-10-31-11-6-17/h1-4,7-9,13-14,17H,5-6,10-12,15H2,(H,25,29). The number of nitrogens with zero attached hydrogens (tertiary/aromatic N) is 4. The molecule has 0 bridgehead atoms. The second-order valence-corrected chi connectivity index (χ2v) is 8.82. The number of aromatic nitrogens is 3. The van der Waals surface area contributed by atoms with Gasteiger partial charge in [0.2, 0.25) is 5.91 Å². The lowest BCUT2D eigenvalue weighted by Crippen LogP contribution is -2.38. The molecule has 170 valence electrons. The van der Waals surface area contributed by atoms with Crippen molar-refractivity contribution in [3.63, 3.8) is 0 Å². The van der Waals surface area contributed by atoms with Crippen LogP contribution in [0.3, 0.4) is 0 Å². The molecule has 0 radical (unpaired) electrons. The van der Waals surface area contributed by atoms with E-state index in [2.05, 4.69) is 15.3 Å². The molecular formula is C23H23N5O4S. The Balaban J connectivity index is 1.29. The minimum Gasteiger partial charge on any atom is -0.467 e. The minimum atomic E-state index is -0.235. The summed E-state index contributed by atoms with van der Waals surface area (Å²) in [5.74, 6) is 0.269. The molecule has 0 saturated carbocycles. The number of nitrogens with one attached hydrogen (secondary N) is 1. The summed E-state index contributed by atoms with van der Waals surface area (Å²) in [6.45, 7) is 1.78. The van der Waals surface area contributed by atoms with E-state index in [0.717, 1.165) is 11.2 Å². The number of carbonyl (C=O) groups is 2. The smallest absolute Gasteiger partial charge is 0.263 e. The number of fused-ring (bicyclic) bond motifs is 1. The first-order valence-electron chi connectivity index (χ1n) is 10.7. The highest BCUT2D eigenvalue weighted by Crippen LogP contribution is 2.28. The van der Waals surface area contributed by atoms with Crippen LogP contribution in [0, 0.1) is 5.92 Å². The van der Waals surface area contributed by atoms with Crippen molar-refractivity contribution < 1.29 is 18.7 Å². The molecule has 0 spiro atoms. The Kier molecular flexibility index (Phi) is 6.18. The summed E-state index contributed by atoms with van der Waals surface area (Å²) < 4.78 is 12.8. The molecule has 1 saturated heterocycles. The van der Waals surface area contributed by atoms with E-state index in [1.807, 2.05) is 35.0 Å².